The largest absolute Gasteiger partial charge is 0.493 e. The van der Waals surface area contributed by atoms with E-state index in [4.69, 9.17) is 23.7 Å². The molecule has 0 N–H and O–H groups in total. The van der Waals surface area contributed by atoms with Crippen LogP contribution in [0.2, 0.25) is 0 Å². The summed E-state index contributed by atoms with van der Waals surface area (Å²) in [5, 5.41) is 0. The highest BCUT2D eigenvalue weighted by Gasteiger charge is 2.18. The summed E-state index contributed by atoms with van der Waals surface area (Å²) in [6.45, 7) is 1.37. The average molecular weight is 362 g/mol. The Morgan fingerprint density at radius 3 is 2.42 bits per heavy atom. The second-order valence-corrected chi connectivity index (χ2v) is 6.39. The molecule has 0 amide bonds. The molecule has 2 atom stereocenters. The minimum absolute atomic E-state index is 0.232. The van der Waals surface area contributed by atoms with E-state index < -0.39 is 12.3 Å². The predicted octanol–water partition coefficient (Wildman–Crippen LogP) is 3.68. The van der Waals surface area contributed by atoms with E-state index in [-0.39, 0.29) is 6.29 Å². The quantitative estimate of drug-likeness (QED) is 0.568. The summed E-state index contributed by atoms with van der Waals surface area (Å²) in [7, 11) is 1.59. The molecule has 2 aliphatic heterocycles. The molecule has 2 aliphatic rings. The summed E-state index contributed by atoms with van der Waals surface area (Å²) >= 11 is 0. The summed E-state index contributed by atoms with van der Waals surface area (Å²) in [6.07, 6.45) is 8.26. The van der Waals surface area contributed by atoms with Crippen LogP contribution < -0.4 is 9.47 Å². The lowest BCUT2D eigenvalue weighted by molar-refractivity contribution is -0.181. The maximum absolute atomic E-state index is 11.9. The molecule has 2 saturated heterocycles. The third-order valence-corrected chi connectivity index (χ3v) is 4.38. The lowest BCUT2D eigenvalue weighted by Gasteiger charge is -2.24. The van der Waals surface area contributed by atoms with Gasteiger partial charge in [0.25, 0.3) is 0 Å². The summed E-state index contributed by atoms with van der Waals surface area (Å²) in [5.41, 5.74) is 0.820. The highest BCUT2D eigenvalue weighted by Crippen LogP contribution is 2.31. The lowest BCUT2D eigenvalue weighted by Crippen LogP contribution is -2.25. The van der Waals surface area contributed by atoms with Gasteiger partial charge in [-0.05, 0) is 49.5 Å². The van der Waals surface area contributed by atoms with Crippen LogP contribution in [-0.2, 0) is 19.0 Å². The molecule has 1 aromatic rings. The van der Waals surface area contributed by atoms with Crippen LogP contribution in [0, 0.1) is 0 Å². The van der Waals surface area contributed by atoms with Crippen molar-refractivity contribution < 1.29 is 28.5 Å². The zero-order valence-corrected chi connectivity index (χ0v) is 15.1. The van der Waals surface area contributed by atoms with Crippen LogP contribution >= 0.6 is 0 Å². The van der Waals surface area contributed by atoms with Gasteiger partial charge in [-0.2, -0.15) is 0 Å². The molecule has 0 unspecified atom stereocenters. The molecule has 0 aliphatic carbocycles. The first-order valence-electron chi connectivity index (χ1n) is 9.21. The Morgan fingerprint density at radius 1 is 1.04 bits per heavy atom. The molecule has 6 heteroatoms. The van der Waals surface area contributed by atoms with E-state index in [1.54, 1.807) is 13.2 Å². The van der Waals surface area contributed by atoms with E-state index >= 15 is 0 Å². The highest BCUT2D eigenvalue weighted by atomic mass is 16.7. The topological polar surface area (TPSA) is 63.2 Å². The fourth-order valence-electron chi connectivity index (χ4n) is 2.97. The van der Waals surface area contributed by atoms with E-state index in [0.29, 0.717) is 18.1 Å². The van der Waals surface area contributed by atoms with Crippen molar-refractivity contribution >= 4 is 12.0 Å². The number of hydrogen-bond donors (Lipinski definition) is 0. The fourth-order valence-corrected chi connectivity index (χ4v) is 2.97. The van der Waals surface area contributed by atoms with E-state index in [9.17, 15) is 4.79 Å². The smallest absolute Gasteiger partial charge is 0.333 e. The second-order valence-electron chi connectivity index (χ2n) is 6.39. The van der Waals surface area contributed by atoms with Crippen molar-refractivity contribution in [3.8, 4) is 11.5 Å². The lowest BCUT2D eigenvalue weighted by atomic mass is 10.1. The van der Waals surface area contributed by atoms with Gasteiger partial charge in [0.1, 0.15) is 0 Å². The Hall–Kier alpha value is -2.05. The minimum atomic E-state index is -0.429. The molecule has 0 bridgehead atoms. The van der Waals surface area contributed by atoms with Crippen LogP contribution in [0.5, 0.6) is 11.5 Å². The first-order valence-corrected chi connectivity index (χ1v) is 9.21. The molecule has 26 heavy (non-hydrogen) atoms. The van der Waals surface area contributed by atoms with Gasteiger partial charge in [0, 0.05) is 18.9 Å². The van der Waals surface area contributed by atoms with Crippen LogP contribution in [0.1, 0.15) is 44.1 Å². The van der Waals surface area contributed by atoms with E-state index in [1.807, 2.05) is 18.2 Å². The molecule has 2 fully saturated rings. The Balaban J connectivity index is 1.58. The highest BCUT2D eigenvalue weighted by molar-refractivity contribution is 5.87. The van der Waals surface area contributed by atoms with Crippen molar-refractivity contribution in [1.29, 1.82) is 0 Å². The minimum Gasteiger partial charge on any atom is -0.493 e. The third kappa shape index (κ3) is 5.47. The van der Waals surface area contributed by atoms with Gasteiger partial charge in [-0.15, -0.1) is 0 Å². The van der Waals surface area contributed by atoms with Gasteiger partial charge in [0.2, 0.25) is 6.29 Å². The molecule has 142 valence electrons. The van der Waals surface area contributed by atoms with Crippen molar-refractivity contribution in [3.63, 3.8) is 0 Å². The first-order chi connectivity index (χ1) is 12.7. The van der Waals surface area contributed by atoms with Crippen LogP contribution in [-0.4, -0.2) is 38.9 Å². The summed E-state index contributed by atoms with van der Waals surface area (Å²) < 4.78 is 27.6. The molecule has 0 saturated carbocycles. The van der Waals surface area contributed by atoms with Gasteiger partial charge in [-0.1, -0.05) is 6.07 Å². The van der Waals surface area contributed by atoms with E-state index in [2.05, 4.69) is 0 Å². The number of benzene rings is 1. The summed E-state index contributed by atoms with van der Waals surface area (Å²) in [5.74, 6) is 0.826. The van der Waals surface area contributed by atoms with Crippen LogP contribution in [0.15, 0.2) is 24.3 Å². The number of rotatable bonds is 6. The molecule has 2 heterocycles. The van der Waals surface area contributed by atoms with Crippen molar-refractivity contribution in [2.24, 2.45) is 0 Å². The molecule has 1 aromatic carbocycles. The number of hydrogen-bond acceptors (Lipinski definition) is 6. The van der Waals surface area contributed by atoms with Crippen molar-refractivity contribution in [1.82, 2.24) is 0 Å². The van der Waals surface area contributed by atoms with Crippen molar-refractivity contribution in [2.75, 3.05) is 20.3 Å². The molecule has 0 radical (unpaired) electrons. The predicted molar refractivity (Wildman–Crippen MR) is 95.9 cm³/mol. The molecule has 0 spiro atoms. The molecular weight excluding hydrogens is 336 g/mol. The normalized spacial score (nSPS) is 23.6. The zero-order chi connectivity index (χ0) is 18.2. The Morgan fingerprint density at radius 2 is 1.77 bits per heavy atom. The number of carbonyl (C=O) groups excluding carboxylic acids is 1. The standard InChI is InChI=1S/C20H26O6/c1-22-17-14-15(8-10-16(17)25-19-6-2-4-12-23-19)9-11-18(21)26-20-7-3-5-13-24-20/h8-11,14,19-20H,2-7,12-13H2,1H3/b11-9-/t19-,20+/m0/s1. The monoisotopic (exact) mass is 362 g/mol. The Kier molecular flexibility index (Phi) is 6.91. The number of esters is 1. The Labute approximate surface area is 154 Å². The van der Waals surface area contributed by atoms with Gasteiger partial charge >= 0.3 is 5.97 Å². The average Bonchev–Trinajstić information content (AvgIpc) is 2.69. The first kappa shape index (κ1) is 18.7. The molecular formula is C20H26O6. The fraction of sp³-hybridized carbons (Fsp3) is 0.550. The molecule has 3 rings (SSSR count). The van der Waals surface area contributed by atoms with Gasteiger partial charge in [0.15, 0.2) is 17.8 Å². The third-order valence-electron chi connectivity index (χ3n) is 4.38. The van der Waals surface area contributed by atoms with E-state index in [0.717, 1.165) is 50.7 Å². The molecule has 6 nitrogen and oxygen atoms in total. The SMILES string of the molecule is COc1cc(/C=C\C(=O)O[C@@H]2CCCCO2)ccc1O[C@H]1CCCCO1. The van der Waals surface area contributed by atoms with Gasteiger partial charge in [-0.25, -0.2) is 4.79 Å². The van der Waals surface area contributed by atoms with Gasteiger partial charge in [0.05, 0.1) is 20.3 Å². The molecule has 0 aromatic heterocycles. The maximum Gasteiger partial charge on any atom is 0.333 e. The zero-order valence-electron chi connectivity index (χ0n) is 15.1. The van der Waals surface area contributed by atoms with E-state index in [1.165, 1.54) is 6.08 Å². The summed E-state index contributed by atoms with van der Waals surface area (Å²) in [4.78, 5) is 11.9. The van der Waals surface area contributed by atoms with Crippen LogP contribution in [0.3, 0.4) is 0 Å². The number of methoxy groups -OCH3 is 1. The second kappa shape index (κ2) is 9.59. The summed E-state index contributed by atoms with van der Waals surface area (Å²) in [6, 6.07) is 5.51. The van der Waals surface area contributed by atoms with Gasteiger partial charge < -0.3 is 23.7 Å². The van der Waals surface area contributed by atoms with Gasteiger partial charge in [-0.3, -0.25) is 0 Å². The number of ether oxygens (including phenoxy) is 5. The van der Waals surface area contributed by atoms with Crippen molar-refractivity contribution in [3.05, 3.63) is 29.8 Å². The Bertz CT molecular complexity index is 615. The van der Waals surface area contributed by atoms with Crippen molar-refractivity contribution in [2.45, 2.75) is 51.1 Å². The maximum atomic E-state index is 11.9. The van der Waals surface area contributed by atoms with Crippen LogP contribution in [0.25, 0.3) is 6.08 Å². The number of carbonyl (C=O) groups is 1. The van der Waals surface area contributed by atoms with Crippen LogP contribution in [0.4, 0.5) is 0 Å².